The van der Waals surface area contributed by atoms with Crippen LogP contribution in [0.5, 0.6) is 0 Å². The van der Waals surface area contributed by atoms with Crippen molar-refractivity contribution in [2.45, 2.75) is 17.4 Å². The maximum Gasteiger partial charge on any atom is 0.322 e. The van der Waals surface area contributed by atoms with Gasteiger partial charge in [0, 0.05) is 5.56 Å². The van der Waals surface area contributed by atoms with Crippen molar-refractivity contribution in [1.29, 1.82) is 0 Å². The third kappa shape index (κ3) is 4.40. The van der Waals surface area contributed by atoms with Crippen LogP contribution < -0.4 is 10.5 Å². The monoisotopic (exact) mass is 348 g/mol. The minimum absolute atomic E-state index is 0.00901. The van der Waals surface area contributed by atoms with E-state index in [1.807, 2.05) is 0 Å². The molecule has 0 heterocycles. The molecule has 0 fully saturated rings. The highest BCUT2D eigenvalue weighted by atomic mass is 32.2. The standard InChI is InChI=1S/C16H16N2O5S/c17-15(19)12-7-4-8-13(10-12)24(22,23)18-14(16(20)21)9-11-5-2-1-3-6-11/h1-8,10,14,18H,9H2,(H2,17,19)(H,20,21)/t14-/m0/s1. The van der Waals surface area contributed by atoms with E-state index in [4.69, 9.17) is 5.73 Å². The molecule has 0 spiro atoms. The van der Waals surface area contributed by atoms with Crippen LogP contribution in [0.4, 0.5) is 0 Å². The fourth-order valence-corrected chi connectivity index (χ4v) is 3.34. The average molecular weight is 348 g/mol. The number of hydrogen-bond donors (Lipinski definition) is 3. The molecular weight excluding hydrogens is 332 g/mol. The van der Waals surface area contributed by atoms with Gasteiger partial charge in [-0.25, -0.2) is 8.42 Å². The van der Waals surface area contributed by atoms with E-state index >= 15 is 0 Å². The van der Waals surface area contributed by atoms with Crippen LogP contribution in [0.25, 0.3) is 0 Å². The number of carboxylic acids is 1. The van der Waals surface area contributed by atoms with Gasteiger partial charge in [0.1, 0.15) is 6.04 Å². The summed E-state index contributed by atoms with van der Waals surface area (Å²) in [7, 11) is -4.12. The molecule has 126 valence electrons. The van der Waals surface area contributed by atoms with Crippen LogP contribution >= 0.6 is 0 Å². The van der Waals surface area contributed by atoms with Crippen molar-refractivity contribution in [1.82, 2.24) is 4.72 Å². The van der Waals surface area contributed by atoms with Crippen molar-refractivity contribution in [3.63, 3.8) is 0 Å². The van der Waals surface area contributed by atoms with Gasteiger partial charge in [0.05, 0.1) is 4.90 Å². The Bertz CT molecular complexity index is 850. The molecule has 0 aliphatic carbocycles. The number of benzene rings is 2. The predicted octanol–water partition coefficient (Wildman–Crippen LogP) is 0.760. The molecule has 2 aromatic rings. The van der Waals surface area contributed by atoms with Gasteiger partial charge in [-0.05, 0) is 30.2 Å². The normalized spacial score (nSPS) is 12.5. The molecule has 1 atom stereocenters. The third-order valence-electron chi connectivity index (χ3n) is 3.31. The number of primary amides is 1. The average Bonchev–Trinajstić information content (AvgIpc) is 2.55. The number of aliphatic carboxylic acids is 1. The molecule has 0 saturated carbocycles. The number of carbonyl (C=O) groups excluding carboxylic acids is 1. The van der Waals surface area contributed by atoms with Crippen molar-refractivity contribution in [2.75, 3.05) is 0 Å². The lowest BCUT2D eigenvalue weighted by atomic mass is 10.1. The molecule has 0 unspecified atom stereocenters. The zero-order valence-electron chi connectivity index (χ0n) is 12.5. The van der Waals surface area contributed by atoms with E-state index in [-0.39, 0.29) is 16.9 Å². The molecule has 0 aliphatic rings. The number of carboxylic acid groups (broad SMARTS) is 1. The molecule has 7 nitrogen and oxygen atoms in total. The van der Waals surface area contributed by atoms with E-state index in [2.05, 4.69) is 4.72 Å². The second kappa shape index (κ2) is 7.24. The van der Waals surface area contributed by atoms with Crippen molar-refractivity contribution in [3.8, 4) is 0 Å². The number of carbonyl (C=O) groups is 2. The first-order chi connectivity index (χ1) is 11.3. The fraction of sp³-hybridized carbons (Fsp3) is 0.125. The fourth-order valence-electron chi connectivity index (χ4n) is 2.10. The summed E-state index contributed by atoms with van der Waals surface area (Å²) in [6.45, 7) is 0. The van der Waals surface area contributed by atoms with Gasteiger partial charge in [0.15, 0.2) is 0 Å². The van der Waals surface area contributed by atoms with Gasteiger partial charge >= 0.3 is 5.97 Å². The molecule has 24 heavy (non-hydrogen) atoms. The number of hydrogen-bond acceptors (Lipinski definition) is 4. The van der Waals surface area contributed by atoms with Gasteiger partial charge < -0.3 is 10.8 Å². The highest BCUT2D eigenvalue weighted by molar-refractivity contribution is 7.89. The Morgan fingerprint density at radius 3 is 2.33 bits per heavy atom. The second-order valence-corrected chi connectivity index (χ2v) is 6.81. The van der Waals surface area contributed by atoms with Crippen LogP contribution in [0.3, 0.4) is 0 Å². The summed E-state index contributed by atoms with van der Waals surface area (Å²) in [6.07, 6.45) is -0.00901. The largest absolute Gasteiger partial charge is 0.480 e. The van der Waals surface area contributed by atoms with Crippen LogP contribution in [-0.2, 0) is 21.2 Å². The number of sulfonamides is 1. The Morgan fingerprint density at radius 2 is 1.75 bits per heavy atom. The molecule has 0 bridgehead atoms. The van der Waals surface area contributed by atoms with Crippen LogP contribution in [0.15, 0.2) is 59.5 Å². The molecule has 2 aromatic carbocycles. The van der Waals surface area contributed by atoms with Crippen molar-refractivity contribution in [3.05, 3.63) is 65.7 Å². The predicted molar refractivity (Wildman–Crippen MR) is 86.9 cm³/mol. The summed E-state index contributed by atoms with van der Waals surface area (Å²) in [5, 5.41) is 9.29. The van der Waals surface area contributed by atoms with Gasteiger partial charge in [0.2, 0.25) is 15.9 Å². The highest BCUT2D eigenvalue weighted by Crippen LogP contribution is 2.13. The Hall–Kier alpha value is -2.71. The minimum atomic E-state index is -4.12. The zero-order valence-corrected chi connectivity index (χ0v) is 13.4. The summed E-state index contributed by atoms with van der Waals surface area (Å²) in [6, 6.07) is 12.4. The van der Waals surface area contributed by atoms with Crippen LogP contribution in [0.1, 0.15) is 15.9 Å². The van der Waals surface area contributed by atoms with Gasteiger partial charge in [-0.15, -0.1) is 0 Å². The van der Waals surface area contributed by atoms with E-state index < -0.39 is 27.9 Å². The lowest BCUT2D eigenvalue weighted by Crippen LogP contribution is -2.42. The number of nitrogens with one attached hydrogen (secondary N) is 1. The molecular formula is C16H16N2O5S. The van der Waals surface area contributed by atoms with Gasteiger partial charge in [0.25, 0.3) is 0 Å². The zero-order chi connectivity index (χ0) is 17.7. The quantitative estimate of drug-likeness (QED) is 0.681. The number of rotatable bonds is 7. The van der Waals surface area contributed by atoms with Gasteiger partial charge in [-0.1, -0.05) is 36.4 Å². The minimum Gasteiger partial charge on any atom is -0.480 e. The summed E-state index contributed by atoms with van der Waals surface area (Å²) >= 11 is 0. The first kappa shape index (κ1) is 17.6. The maximum atomic E-state index is 12.4. The number of amides is 1. The van der Waals surface area contributed by atoms with E-state index in [1.54, 1.807) is 30.3 Å². The Labute approximate surface area is 139 Å². The molecule has 2 rings (SSSR count). The second-order valence-electron chi connectivity index (χ2n) is 5.09. The molecule has 8 heteroatoms. The highest BCUT2D eigenvalue weighted by Gasteiger charge is 2.26. The van der Waals surface area contributed by atoms with E-state index in [0.29, 0.717) is 5.56 Å². The lowest BCUT2D eigenvalue weighted by molar-refractivity contribution is -0.138. The van der Waals surface area contributed by atoms with Crippen molar-refractivity contribution in [2.24, 2.45) is 5.73 Å². The SMILES string of the molecule is NC(=O)c1cccc(S(=O)(=O)N[C@@H](Cc2ccccc2)C(=O)O)c1. The van der Waals surface area contributed by atoms with Gasteiger partial charge in [-0.2, -0.15) is 4.72 Å². The molecule has 4 N–H and O–H groups in total. The van der Waals surface area contributed by atoms with E-state index in [1.165, 1.54) is 18.2 Å². The smallest absolute Gasteiger partial charge is 0.322 e. The Balaban J connectivity index is 2.26. The van der Waals surface area contributed by atoms with E-state index in [0.717, 1.165) is 6.07 Å². The first-order valence-electron chi connectivity index (χ1n) is 6.98. The van der Waals surface area contributed by atoms with Crippen molar-refractivity contribution >= 4 is 21.9 Å². The lowest BCUT2D eigenvalue weighted by Gasteiger charge is -2.15. The summed E-state index contributed by atoms with van der Waals surface area (Å²) in [5.41, 5.74) is 5.83. The first-order valence-corrected chi connectivity index (χ1v) is 8.47. The number of nitrogens with two attached hydrogens (primary N) is 1. The summed E-state index contributed by atoms with van der Waals surface area (Å²) < 4.78 is 26.9. The molecule has 0 aromatic heterocycles. The Kier molecular flexibility index (Phi) is 5.32. The van der Waals surface area contributed by atoms with Crippen LogP contribution in [-0.4, -0.2) is 31.4 Å². The van der Waals surface area contributed by atoms with Crippen LogP contribution in [0.2, 0.25) is 0 Å². The third-order valence-corrected chi connectivity index (χ3v) is 4.78. The molecule has 0 saturated heterocycles. The van der Waals surface area contributed by atoms with E-state index in [9.17, 15) is 23.1 Å². The summed E-state index contributed by atoms with van der Waals surface area (Å²) in [5.74, 6) is -2.07. The molecule has 1 amide bonds. The summed E-state index contributed by atoms with van der Waals surface area (Å²) in [4.78, 5) is 22.3. The van der Waals surface area contributed by atoms with Gasteiger partial charge in [-0.3, -0.25) is 9.59 Å². The maximum absolute atomic E-state index is 12.4. The molecule has 0 aliphatic heterocycles. The van der Waals surface area contributed by atoms with Crippen molar-refractivity contribution < 1.29 is 23.1 Å². The Morgan fingerprint density at radius 1 is 1.08 bits per heavy atom. The molecule has 0 radical (unpaired) electrons. The topological polar surface area (TPSA) is 127 Å². The van der Waals surface area contributed by atoms with Crippen LogP contribution in [0, 0.1) is 0 Å².